The number of nitrogens with zero attached hydrogens (tertiary/aromatic N) is 1. The molecule has 1 N–H and O–H groups in total. The van der Waals surface area contributed by atoms with E-state index in [1.165, 1.54) is 0 Å². The van der Waals surface area contributed by atoms with Gasteiger partial charge in [-0.05, 0) is 41.0 Å². The van der Waals surface area contributed by atoms with Crippen molar-refractivity contribution in [3.05, 3.63) is 41.2 Å². The van der Waals surface area contributed by atoms with Gasteiger partial charge < -0.3 is 5.32 Å². The summed E-state index contributed by atoms with van der Waals surface area (Å²) in [6, 6.07) is 4.08. The average molecular weight is 283 g/mol. The summed E-state index contributed by atoms with van der Waals surface area (Å²) in [5.41, 5.74) is 1.17. The van der Waals surface area contributed by atoms with Crippen LogP contribution >= 0.6 is 15.9 Å². The van der Waals surface area contributed by atoms with Crippen molar-refractivity contribution in [2.75, 3.05) is 13.1 Å². The smallest absolute Gasteiger partial charge is 0.0413 e. The summed E-state index contributed by atoms with van der Waals surface area (Å²) < 4.78 is 1.02. The quantitative estimate of drug-likeness (QED) is 0.811. The second kappa shape index (κ2) is 6.16. The molecule has 1 unspecified atom stereocenters. The van der Waals surface area contributed by atoms with Crippen LogP contribution in [-0.2, 0) is 6.42 Å². The third kappa shape index (κ3) is 4.06. The maximum Gasteiger partial charge on any atom is 0.0413 e. The van der Waals surface area contributed by atoms with Gasteiger partial charge in [-0.2, -0.15) is 0 Å². The minimum Gasteiger partial charge on any atom is -0.316 e. The lowest BCUT2D eigenvalue weighted by Gasteiger charge is -2.25. The van der Waals surface area contributed by atoms with Gasteiger partial charge in [-0.25, -0.2) is 0 Å². The molecule has 0 saturated carbocycles. The van der Waals surface area contributed by atoms with Crippen LogP contribution in [-0.4, -0.2) is 18.1 Å². The normalized spacial score (nSPS) is 14.4. The highest BCUT2D eigenvalue weighted by Crippen LogP contribution is 2.22. The van der Waals surface area contributed by atoms with E-state index in [2.05, 4.69) is 52.7 Å². The van der Waals surface area contributed by atoms with E-state index in [1.54, 1.807) is 0 Å². The molecule has 1 heterocycles. The molecule has 0 aliphatic carbocycles. The van der Waals surface area contributed by atoms with Crippen molar-refractivity contribution in [3.8, 4) is 0 Å². The van der Waals surface area contributed by atoms with Crippen LogP contribution in [0.15, 0.2) is 35.5 Å². The molecular weight excluding hydrogens is 264 g/mol. The Balaban J connectivity index is 2.68. The van der Waals surface area contributed by atoms with Gasteiger partial charge in [-0.1, -0.05) is 19.9 Å². The molecule has 3 heteroatoms. The van der Waals surface area contributed by atoms with Crippen LogP contribution in [0.5, 0.6) is 0 Å². The minimum absolute atomic E-state index is 0.0663. The first-order valence-corrected chi connectivity index (χ1v) is 6.33. The van der Waals surface area contributed by atoms with E-state index < -0.39 is 0 Å². The molecule has 1 aromatic heterocycles. The highest BCUT2D eigenvalue weighted by atomic mass is 79.9. The van der Waals surface area contributed by atoms with Crippen molar-refractivity contribution in [2.45, 2.75) is 20.3 Å². The summed E-state index contributed by atoms with van der Waals surface area (Å²) in [7, 11) is 0. The van der Waals surface area contributed by atoms with Crippen molar-refractivity contribution in [2.24, 2.45) is 5.41 Å². The zero-order valence-electron chi connectivity index (χ0n) is 9.96. The van der Waals surface area contributed by atoms with Gasteiger partial charge in [0.05, 0.1) is 0 Å². The predicted molar refractivity (Wildman–Crippen MR) is 72.5 cm³/mol. The SMILES string of the molecule is C=CC(C)(CNCC)Cc1ccc(Br)cn1. The summed E-state index contributed by atoms with van der Waals surface area (Å²) in [5, 5.41) is 3.36. The molecular formula is C13H19BrN2. The monoisotopic (exact) mass is 282 g/mol. The Morgan fingerprint density at radius 2 is 2.31 bits per heavy atom. The van der Waals surface area contributed by atoms with Crippen LogP contribution in [0.25, 0.3) is 0 Å². The van der Waals surface area contributed by atoms with Crippen LogP contribution in [0, 0.1) is 5.41 Å². The molecule has 1 aromatic rings. The Labute approximate surface area is 106 Å². The topological polar surface area (TPSA) is 24.9 Å². The number of rotatable bonds is 6. The molecule has 0 spiro atoms. The zero-order chi connectivity index (χ0) is 12.0. The molecule has 0 aliphatic heterocycles. The minimum atomic E-state index is 0.0663. The van der Waals surface area contributed by atoms with Gasteiger partial charge in [-0.15, -0.1) is 6.58 Å². The van der Waals surface area contributed by atoms with E-state index in [-0.39, 0.29) is 5.41 Å². The van der Waals surface area contributed by atoms with Gasteiger partial charge in [-0.3, -0.25) is 4.98 Å². The highest BCUT2D eigenvalue weighted by Gasteiger charge is 2.20. The Kier molecular flexibility index (Phi) is 5.16. The Hall–Kier alpha value is -0.670. The highest BCUT2D eigenvalue weighted by molar-refractivity contribution is 9.10. The van der Waals surface area contributed by atoms with Gasteiger partial charge in [0.1, 0.15) is 0 Å². The number of pyridine rings is 1. The molecule has 0 aliphatic rings. The number of halogens is 1. The van der Waals surface area contributed by atoms with E-state index in [4.69, 9.17) is 0 Å². The molecule has 1 rings (SSSR count). The Bertz CT molecular complexity index is 334. The van der Waals surface area contributed by atoms with Gasteiger partial charge >= 0.3 is 0 Å². The first-order chi connectivity index (χ1) is 7.59. The first-order valence-electron chi connectivity index (χ1n) is 5.54. The largest absolute Gasteiger partial charge is 0.316 e. The van der Waals surface area contributed by atoms with Crippen molar-refractivity contribution in [3.63, 3.8) is 0 Å². The zero-order valence-corrected chi connectivity index (χ0v) is 11.5. The molecule has 1 atom stereocenters. The number of hydrogen-bond acceptors (Lipinski definition) is 2. The number of nitrogens with one attached hydrogen (secondary N) is 1. The molecule has 16 heavy (non-hydrogen) atoms. The first kappa shape index (κ1) is 13.4. The molecule has 2 nitrogen and oxygen atoms in total. The van der Waals surface area contributed by atoms with Crippen LogP contribution in [0.4, 0.5) is 0 Å². The summed E-state index contributed by atoms with van der Waals surface area (Å²) in [6.07, 6.45) is 4.77. The summed E-state index contributed by atoms with van der Waals surface area (Å²) >= 11 is 3.39. The van der Waals surface area contributed by atoms with E-state index in [9.17, 15) is 0 Å². The van der Waals surface area contributed by atoms with Gasteiger partial charge in [0.25, 0.3) is 0 Å². The lowest BCUT2D eigenvalue weighted by Crippen LogP contribution is -2.32. The maximum atomic E-state index is 4.40. The molecule has 0 saturated heterocycles. The van der Waals surface area contributed by atoms with Crippen LogP contribution < -0.4 is 5.32 Å². The second-order valence-corrected chi connectivity index (χ2v) is 5.20. The molecule has 0 aromatic carbocycles. The standard InChI is InChI=1S/C13H19BrN2/c1-4-13(3,10-15-5-2)8-12-7-6-11(14)9-16-12/h4,6-7,9,15H,1,5,8,10H2,2-3H3. The van der Waals surface area contributed by atoms with Gasteiger partial charge in [0, 0.05) is 28.3 Å². The second-order valence-electron chi connectivity index (χ2n) is 4.28. The summed E-state index contributed by atoms with van der Waals surface area (Å²) in [4.78, 5) is 4.40. The fraction of sp³-hybridized carbons (Fsp3) is 0.462. The predicted octanol–water partition coefficient (Wildman–Crippen LogP) is 3.19. The van der Waals surface area contributed by atoms with E-state index >= 15 is 0 Å². The molecule has 88 valence electrons. The van der Waals surface area contributed by atoms with E-state index in [1.807, 2.05) is 18.3 Å². The fourth-order valence-corrected chi connectivity index (χ4v) is 1.78. The molecule has 0 bridgehead atoms. The fourth-order valence-electron chi connectivity index (χ4n) is 1.54. The Morgan fingerprint density at radius 3 is 2.81 bits per heavy atom. The number of aromatic nitrogens is 1. The van der Waals surface area contributed by atoms with Crippen LogP contribution in [0.3, 0.4) is 0 Å². The number of hydrogen-bond donors (Lipinski definition) is 1. The summed E-state index contributed by atoms with van der Waals surface area (Å²) in [5.74, 6) is 0. The third-order valence-electron chi connectivity index (χ3n) is 2.65. The van der Waals surface area contributed by atoms with Crippen molar-refractivity contribution in [1.29, 1.82) is 0 Å². The third-order valence-corrected chi connectivity index (χ3v) is 3.11. The molecule has 0 radical (unpaired) electrons. The van der Waals surface area contributed by atoms with Crippen molar-refractivity contribution < 1.29 is 0 Å². The van der Waals surface area contributed by atoms with Gasteiger partial charge in [0.2, 0.25) is 0 Å². The lowest BCUT2D eigenvalue weighted by atomic mass is 9.85. The van der Waals surface area contributed by atoms with E-state index in [0.717, 1.165) is 29.7 Å². The molecule has 0 fully saturated rings. The molecule has 0 amide bonds. The maximum absolute atomic E-state index is 4.40. The summed E-state index contributed by atoms with van der Waals surface area (Å²) in [6.45, 7) is 10.2. The van der Waals surface area contributed by atoms with Crippen molar-refractivity contribution >= 4 is 15.9 Å². The Morgan fingerprint density at radius 1 is 1.56 bits per heavy atom. The van der Waals surface area contributed by atoms with E-state index in [0.29, 0.717) is 0 Å². The van der Waals surface area contributed by atoms with Crippen molar-refractivity contribution in [1.82, 2.24) is 10.3 Å². The average Bonchev–Trinajstić information content (AvgIpc) is 2.30. The van der Waals surface area contributed by atoms with Crippen LogP contribution in [0.2, 0.25) is 0 Å². The van der Waals surface area contributed by atoms with Gasteiger partial charge in [0.15, 0.2) is 0 Å². The van der Waals surface area contributed by atoms with Crippen LogP contribution in [0.1, 0.15) is 19.5 Å². The lowest BCUT2D eigenvalue weighted by molar-refractivity contribution is 0.392.